The zero-order valence-corrected chi connectivity index (χ0v) is 18.9. The number of hydrogen-bond acceptors (Lipinski definition) is 4. The zero-order valence-electron chi connectivity index (χ0n) is 18.9. The average molecular weight is 439 g/mol. The van der Waals surface area contributed by atoms with Crippen LogP contribution in [0.2, 0.25) is 0 Å². The number of nitrogens with zero attached hydrogens (tertiary/aromatic N) is 1. The van der Waals surface area contributed by atoms with Crippen LogP contribution in [0.3, 0.4) is 0 Å². The zero-order chi connectivity index (χ0) is 22.9. The normalized spacial score (nSPS) is 11.2. The Morgan fingerprint density at radius 2 is 1.78 bits per heavy atom. The SMILES string of the molecule is COc1ccc(CN(Cc2cccc(F)c2)Cc2ccc(C(=O)NCCC(C)C)o2)cc1. The first-order valence-corrected chi connectivity index (χ1v) is 10.9. The number of halogens is 1. The molecule has 1 amide bonds. The molecular formula is C26H31FN2O3. The average Bonchev–Trinajstić information content (AvgIpc) is 3.22. The van der Waals surface area contributed by atoms with E-state index in [1.165, 1.54) is 12.1 Å². The highest BCUT2D eigenvalue weighted by Gasteiger charge is 2.15. The Labute approximate surface area is 189 Å². The fourth-order valence-corrected chi connectivity index (χ4v) is 3.42. The first-order chi connectivity index (χ1) is 15.4. The molecule has 0 bridgehead atoms. The molecule has 0 saturated carbocycles. The van der Waals surface area contributed by atoms with Crippen LogP contribution in [0, 0.1) is 11.7 Å². The van der Waals surface area contributed by atoms with E-state index in [4.69, 9.17) is 9.15 Å². The van der Waals surface area contributed by atoms with E-state index >= 15 is 0 Å². The number of carbonyl (C=O) groups is 1. The third-order valence-electron chi connectivity index (χ3n) is 5.13. The summed E-state index contributed by atoms with van der Waals surface area (Å²) in [7, 11) is 1.64. The number of methoxy groups -OCH3 is 1. The summed E-state index contributed by atoms with van der Waals surface area (Å²) in [6, 6.07) is 18.0. The van der Waals surface area contributed by atoms with Gasteiger partial charge >= 0.3 is 0 Å². The molecule has 1 heterocycles. The van der Waals surface area contributed by atoms with Gasteiger partial charge in [0, 0.05) is 19.6 Å². The Balaban J connectivity index is 1.70. The van der Waals surface area contributed by atoms with Crippen LogP contribution in [0.4, 0.5) is 4.39 Å². The van der Waals surface area contributed by atoms with Gasteiger partial charge in [-0.2, -0.15) is 0 Å². The van der Waals surface area contributed by atoms with Gasteiger partial charge in [-0.15, -0.1) is 0 Å². The van der Waals surface area contributed by atoms with Gasteiger partial charge in [-0.05, 0) is 59.9 Å². The van der Waals surface area contributed by atoms with Crippen LogP contribution in [0.5, 0.6) is 5.75 Å². The minimum absolute atomic E-state index is 0.205. The predicted molar refractivity (Wildman–Crippen MR) is 123 cm³/mol. The smallest absolute Gasteiger partial charge is 0.286 e. The van der Waals surface area contributed by atoms with E-state index < -0.39 is 0 Å². The molecule has 3 rings (SSSR count). The van der Waals surface area contributed by atoms with Crippen LogP contribution >= 0.6 is 0 Å². The van der Waals surface area contributed by atoms with Crippen molar-refractivity contribution in [2.75, 3.05) is 13.7 Å². The third kappa shape index (κ3) is 7.24. The van der Waals surface area contributed by atoms with Crippen molar-refractivity contribution in [3.05, 3.63) is 89.1 Å². The van der Waals surface area contributed by atoms with Crippen LogP contribution in [0.15, 0.2) is 65.1 Å². The van der Waals surface area contributed by atoms with E-state index in [0.29, 0.717) is 43.6 Å². The molecule has 6 heteroatoms. The lowest BCUT2D eigenvalue weighted by atomic mass is 10.1. The molecule has 1 aromatic heterocycles. The van der Waals surface area contributed by atoms with E-state index in [-0.39, 0.29) is 11.7 Å². The second-order valence-electron chi connectivity index (χ2n) is 8.33. The maximum absolute atomic E-state index is 13.7. The third-order valence-corrected chi connectivity index (χ3v) is 5.13. The highest BCUT2D eigenvalue weighted by molar-refractivity contribution is 5.91. The van der Waals surface area contributed by atoms with Gasteiger partial charge < -0.3 is 14.5 Å². The van der Waals surface area contributed by atoms with Crippen molar-refractivity contribution in [2.45, 2.75) is 39.9 Å². The second kappa shape index (κ2) is 11.5. The molecule has 32 heavy (non-hydrogen) atoms. The van der Waals surface area contributed by atoms with Crippen molar-refractivity contribution in [3.8, 4) is 5.75 Å². The molecule has 0 spiro atoms. The van der Waals surface area contributed by atoms with E-state index in [9.17, 15) is 9.18 Å². The fourth-order valence-electron chi connectivity index (χ4n) is 3.42. The highest BCUT2D eigenvalue weighted by atomic mass is 19.1. The molecule has 0 aliphatic carbocycles. The van der Waals surface area contributed by atoms with Gasteiger partial charge in [0.15, 0.2) is 5.76 Å². The summed E-state index contributed by atoms with van der Waals surface area (Å²) >= 11 is 0. The van der Waals surface area contributed by atoms with Gasteiger partial charge in [0.05, 0.1) is 13.7 Å². The lowest BCUT2D eigenvalue weighted by Gasteiger charge is -2.22. The lowest BCUT2D eigenvalue weighted by Crippen LogP contribution is -2.25. The molecule has 0 atom stereocenters. The predicted octanol–water partition coefficient (Wildman–Crippen LogP) is 5.41. The summed E-state index contributed by atoms with van der Waals surface area (Å²) in [5, 5.41) is 2.89. The Hall–Kier alpha value is -3.12. The minimum atomic E-state index is -0.259. The van der Waals surface area contributed by atoms with Gasteiger partial charge in [0.2, 0.25) is 0 Å². The number of nitrogens with one attached hydrogen (secondary N) is 1. The molecule has 3 aromatic rings. The second-order valence-corrected chi connectivity index (χ2v) is 8.33. The van der Waals surface area contributed by atoms with E-state index in [1.54, 1.807) is 19.2 Å². The van der Waals surface area contributed by atoms with Gasteiger partial charge in [-0.25, -0.2) is 4.39 Å². The van der Waals surface area contributed by atoms with Gasteiger partial charge in [0.1, 0.15) is 17.3 Å². The van der Waals surface area contributed by atoms with Gasteiger partial charge in [-0.3, -0.25) is 9.69 Å². The molecule has 0 aliphatic heterocycles. The minimum Gasteiger partial charge on any atom is -0.497 e. The molecule has 1 N–H and O–H groups in total. The Morgan fingerprint density at radius 1 is 1.03 bits per heavy atom. The van der Waals surface area contributed by atoms with Crippen molar-refractivity contribution in [3.63, 3.8) is 0 Å². The summed E-state index contributed by atoms with van der Waals surface area (Å²) in [6.45, 7) is 6.52. The Morgan fingerprint density at radius 3 is 2.47 bits per heavy atom. The Bertz CT molecular complexity index is 998. The first kappa shape index (κ1) is 23.5. The van der Waals surface area contributed by atoms with Crippen LogP contribution in [-0.2, 0) is 19.6 Å². The number of ether oxygens (including phenoxy) is 1. The first-order valence-electron chi connectivity index (χ1n) is 10.9. The molecule has 170 valence electrons. The number of hydrogen-bond donors (Lipinski definition) is 1. The van der Waals surface area contributed by atoms with Crippen molar-refractivity contribution < 1.29 is 18.3 Å². The van der Waals surface area contributed by atoms with Crippen molar-refractivity contribution in [2.24, 2.45) is 5.92 Å². The maximum Gasteiger partial charge on any atom is 0.286 e. The van der Waals surface area contributed by atoms with E-state index in [2.05, 4.69) is 24.1 Å². The summed E-state index contributed by atoms with van der Waals surface area (Å²) in [4.78, 5) is 14.5. The molecule has 0 aliphatic rings. The number of benzene rings is 2. The molecular weight excluding hydrogens is 407 g/mol. The summed E-state index contributed by atoms with van der Waals surface area (Å²) in [6.07, 6.45) is 0.919. The monoisotopic (exact) mass is 438 g/mol. The molecule has 0 unspecified atom stereocenters. The fraction of sp³-hybridized carbons (Fsp3) is 0.346. The van der Waals surface area contributed by atoms with Crippen LogP contribution in [0.1, 0.15) is 47.7 Å². The van der Waals surface area contributed by atoms with Crippen molar-refractivity contribution in [1.82, 2.24) is 10.2 Å². The van der Waals surface area contributed by atoms with Crippen LogP contribution in [-0.4, -0.2) is 24.5 Å². The quantitative estimate of drug-likeness (QED) is 0.435. The molecule has 2 aromatic carbocycles. The molecule has 5 nitrogen and oxygen atoms in total. The summed E-state index contributed by atoms with van der Waals surface area (Å²) in [5.41, 5.74) is 1.97. The molecule has 0 saturated heterocycles. The van der Waals surface area contributed by atoms with Gasteiger partial charge in [-0.1, -0.05) is 38.1 Å². The number of amides is 1. The van der Waals surface area contributed by atoms with Gasteiger partial charge in [0.25, 0.3) is 5.91 Å². The van der Waals surface area contributed by atoms with E-state index in [1.807, 2.05) is 36.4 Å². The van der Waals surface area contributed by atoms with Crippen LogP contribution in [0.25, 0.3) is 0 Å². The van der Waals surface area contributed by atoms with Crippen LogP contribution < -0.4 is 10.1 Å². The Kier molecular flexibility index (Phi) is 8.45. The number of rotatable bonds is 11. The summed E-state index contributed by atoms with van der Waals surface area (Å²) in [5.74, 6) is 1.85. The highest BCUT2D eigenvalue weighted by Crippen LogP contribution is 2.19. The maximum atomic E-state index is 13.7. The topological polar surface area (TPSA) is 54.7 Å². The molecule has 0 radical (unpaired) electrons. The van der Waals surface area contributed by atoms with Crippen molar-refractivity contribution in [1.29, 1.82) is 0 Å². The van der Waals surface area contributed by atoms with Crippen molar-refractivity contribution >= 4 is 5.91 Å². The standard InChI is InChI=1S/C26H31FN2O3/c1-19(2)13-14-28-26(30)25-12-11-24(32-25)18-29(17-21-5-4-6-22(27)15-21)16-20-7-9-23(31-3)10-8-20/h4-12,15,19H,13-14,16-18H2,1-3H3,(H,28,30). The largest absolute Gasteiger partial charge is 0.497 e. The summed E-state index contributed by atoms with van der Waals surface area (Å²) < 4.78 is 24.8. The number of furan rings is 1. The number of carbonyl (C=O) groups excluding carboxylic acids is 1. The molecule has 0 fully saturated rings. The van der Waals surface area contributed by atoms with E-state index in [0.717, 1.165) is 23.3 Å². The lowest BCUT2D eigenvalue weighted by molar-refractivity contribution is 0.0919.